The van der Waals surface area contributed by atoms with Crippen LogP contribution in [0.2, 0.25) is 5.02 Å². The van der Waals surface area contributed by atoms with Gasteiger partial charge in [0.25, 0.3) is 5.91 Å². The Morgan fingerprint density at radius 1 is 1.26 bits per heavy atom. The van der Waals surface area contributed by atoms with Crippen molar-refractivity contribution in [2.75, 3.05) is 27.5 Å². The van der Waals surface area contributed by atoms with Crippen molar-refractivity contribution in [1.82, 2.24) is 5.32 Å². The molecule has 0 saturated heterocycles. The number of ether oxygens (including phenoxy) is 3. The third-order valence-corrected chi connectivity index (χ3v) is 4.71. The zero-order chi connectivity index (χ0) is 19.4. The molecular weight excluding hydrogens is 368 g/mol. The molecule has 0 fully saturated rings. The van der Waals surface area contributed by atoms with Gasteiger partial charge in [0.1, 0.15) is 12.3 Å². The van der Waals surface area contributed by atoms with E-state index in [1.54, 1.807) is 13.2 Å². The first kappa shape index (κ1) is 19.3. The molecule has 1 amide bonds. The van der Waals surface area contributed by atoms with E-state index >= 15 is 0 Å². The number of carbonyl (C=O) groups excluding carboxylic acids is 1. The maximum atomic E-state index is 12.4. The standard InChI is InChI=1S/C20H23ClN2O4/c1-13(14-4-6-18-19(9-14)27-12-26-18)22-20(24)11-23(2)10-15-8-16(21)5-7-17(15)25-3/h4-9,13H,10-12H2,1-3H3,(H,22,24)/p+1/t13-/m1/s1. The van der Waals surface area contributed by atoms with Gasteiger partial charge in [-0.25, -0.2) is 0 Å². The van der Waals surface area contributed by atoms with E-state index in [1.807, 2.05) is 44.3 Å². The summed E-state index contributed by atoms with van der Waals surface area (Å²) >= 11 is 6.08. The van der Waals surface area contributed by atoms with E-state index in [0.29, 0.717) is 23.9 Å². The molecule has 1 heterocycles. The van der Waals surface area contributed by atoms with Crippen molar-refractivity contribution >= 4 is 17.5 Å². The molecule has 7 heteroatoms. The minimum Gasteiger partial charge on any atom is -0.496 e. The van der Waals surface area contributed by atoms with Gasteiger partial charge in [0.15, 0.2) is 18.0 Å². The molecule has 0 radical (unpaired) electrons. The largest absolute Gasteiger partial charge is 0.496 e. The highest BCUT2D eigenvalue weighted by Crippen LogP contribution is 2.34. The van der Waals surface area contributed by atoms with E-state index in [-0.39, 0.29) is 18.7 Å². The fraction of sp³-hybridized carbons (Fsp3) is 0.350. The quantitative estimate of drug-likeness (QED) is 0.757. The molecule has 0 aliphatic carbocycles. The van der Waals surface area contributed by atoms with Crippen molar-refractivity contribution in [3.05, 3.63) is 52.5 Å². The van der Waals surface area contributed by atoms with Gasteiger partial charge in [-0.3, -0.25) is 4.79 Å². The number of hydrogen-bond acceptors (Lipinski definition) is 4. The Morgan fingerprint density at radius 2 is 2.04 bits per heavy atom. The Labute approximate surface area is 164 Å². The Balaban J connectivity index is 1.56. The molecule has 6 nitrogen and oxygen atoms in total. The summed E-state index contributed by atoms with van der Waals surface area (Å²) in [6.45, 7) is 3.16. The van der Waals surface area contributed by atoms with Gasteiger partial charge >= 0.3 is 0 Å². The highest BCUT2D eigenvalue weighted by Gasteiger charge is 2.19. The molecule has 0 saturated carbocycles. The molecule has 2 N–H and O–H groups in total. The summed E-state index contributed by atoms with van der Waals surface area (Å²) in [4.78, 5) is 13.5. The summed E-state index contributed by atoms with van der Waals surface area (Å²) in [6, 6.07) is 11.1. The zero-order valence-corrected chi connectivity index (χ0v) is 16.4. The number of hydrogen-bond donors (Lipinski definition) is 2. The summed E-state index contributed by atoms with van der Waals surface area (Å²) in [6.07, 6.45) is 0. The molecule has 1 unspecified atom stereocenters. The second-order valence-corrected chi connectivity index (χ2v) is 7.11. The number of likely N-dealkylation sites (N-methyl/N-ethyl adjacent to an activating group) is 1. The van der Waals surface area contributed by atoms with Crippen LogP contribution in [0.15, 0.2) is 36.4 Å². The number of amides is 1. The Kier molecular flexibility index (Phi) is 6.08. The predicted molar refractivity (Wildman–Crippen MR) is 103 cm³/mol. The molecule has 2 aromatic rings. The first-order chi connectivity index (χ1) is 13.0. The van der Waals surface area contributed by atoms with E-state index in [2.05, 4.69) is 5.32 Å². The van der Waals surface area contributed by atoms with Gasteiger partial charge in [-0.2, -0.15) is 0 Å². The highest BCUT2D eigenvalue weighted by molar-refractivity contribution is 6.30. The van der Waals surface area contributed by atoms with Crippen molar-refractivity contribution in [2.24, 2.45) is 0 Å². The number of nitrogens with one attached hydrogen (secondary N) is 2. The summed E-state index contributed by atoms with van der Waals surface area (Å²) in [5.41, 5.74) is 1.95. The van der Waals surface area contributed by atoms with Gasteiger partial charge in [-0.05, 0) is 42.8 Å². The molecule has 144 valence electrons. The first-order valence-electron chi connectivity index (χ1n) is 8.79. The Bertz CT molecular complexity index is 828. The lowest BCUT2D eigenvalue weighted by Crippen LogP contribution is -3.08. The van der Waals surface area contributed by atoms with Gasteiger partial charge in [0, 0.05) is 10.6 Å². The van der Waals surface area contributed by atoms with Crippen molar-refractivity contribution in [3.8, 4) is 17.2 Å². The summed E-state index contributed by atoms with van der Waals surface area (Å²) in [7, 11) is 3.59. The summed E-state index contributed by atoms with van der Waals surface area (Å²) in [5.74, 6) is 2.19. The third-order valence-electron chi connectivity index (χ3n) is 4.47. The van der Waals surface area contributed by atoms with Crippen LogP contribution < -0.4 is 24.4 Å². The lowest BCUT2D eigenvalue weighted by atomic mass is 10.1. The van der Waals surface area contributed by atoms with E-state index in [9.17, 15) is 4.79 Å². The number of quaternary nitrogens is 1. The summed E-state index contributed by atoms with van der Waals surface area (Å²) < 4.78 is 16.1. The highest BCUT2D eigenvalue weighted by atomic mass is 35.5. The van der Waals surface area contributed by atoms with E-state index in [1.165, 1.54) is 0 Å². The molecule has 3 rings (SSSR count). The van der Waals surface area contributed by atoms with Crippen LogP contribution in [-0.4, -0.2) is 33.4 Å². The van der Waals surface area contributed by atoms with Crippen LogP contribution in [-0.2, 0) is 11.3 Å². The van der Waals surface area contributed by atoms with E-state index < -0.39 is 0 Å². The summed E-state index contributed by atoms with van der Waals surface area (Å²) in [5, 5.41) is 3.68. The third kappa shape index (κ3) is 4.84. The minimum absolute atomic E-state index is 0.0290. The molecule has 1 aliphatic rings. The lowest BCUT2D eigenvalue weighted by molar-refractivity contribution is -0.885. The molecule has 2 atom stereocenters. The first-order valence-corrected chi connectivity index (χ1v) is 9.16. The van der Waals surface area contributed by atoms with Crippen molar-refractivity contribution in [1.29, 1.82) is 0 Å². The number of rotatable bonds is 7. The van der Waals surface area contributed by atoms with Crippen LogP contribution in [0.3, 0.4) is 0 Å². The normalized spacial score (nSPS) is 14.5. The van der Waals surface area contributed by atoms with Crippen LogP contribution >= 0.6 is 11.6 Å². The van der Waals surface area contributed by atoms with E-state index in [0.717, 1.165) is 27.5 Å². The smallest absolute Gasteiger partial charge is 0.275 e. The van der Waals surface area contributed by atoms with Gasteiger partial charge in [-0.1, -0.05) is 17.7 Å². The molecule has 0 bridgehead atoms. The zero-order valence-electron chi connectivity index (χ0n) is 15.7. The monoisotopic (exact) mass is 391 g/mol. The van der Waals surface area contributed by atoms with Crippen LogP contribution in [0.1, 0.15) is 24.1 Å². The van der Waals surface area contributed by atoms with Gasteiger partial charge < -0.3 is 24.4 Å². The molecule has 0 spiro atoms. The maximum absolute atomic E-state index is 12.4. The molecule has 2 aromatic carbocycles. The van der Waals surface area contributed by atoms with Gasteiger partial charge in [0.05, 0.1) is 20.2 Å². The predicted octanol–water partition coefficient (Wildman–Crippen LogP) is 1.97. The second-order valence-electron chi connectivity index (χ2n) is 6.67. The van der Waals surface area contributed by atoms with Crippen LogP contribution in [0.5, 0.6) is 17.2 Å². The fourth-order valence-electron chi connectivity index (χ4n) is 3.11. The number of benzene rings is 2. The second kappa shape index (κ2) is 8.50. The van der Waals surface area contributed by atoms with Gasteiger partial charge in [0.2, 0.25) is 6.79 Å². The van der Waals surface area contributed by atoms with E-state index in [4.69, 9.17) is 25.8 Å². The fourth-order valence-corrected chi connectivity index (χ4v) is 3.30. The lowest BCUT2D eigenvalue weighted by Gasteiger charge is -2.18. The number of fused-ring (bicyclic) bond motifs is 1. The van der Waals surface area contributed by atoms with Crippen LogP contribution in [0.25, 0.3) is 0 Å². The minimum atomic E-state index is -0.125. The molecule has 27 heavy (non-hydrogen) atoms. The maximum Gasteiger partial charge on any atom is 0.275 e. The van der Waals surface area contributed by atoms with Crippen LogP contribution in [0, 0.1) is 0 Å². The number of halogens is 1. The van der Waals surface area contributed by atoms with Gasteiger partial charge in [-0.15, -0.1) is 0 Å². The number of methoxy groups -OCH3 is 1. The molecule has 0 aromatic heterocycles. The number of carbonyl (C=O) groups is 1. The average Bonchev–Trinajstić information content (AvgIpc) is 3.09. The average molecular weight is 392 g/mol. The molecular formula is C20H24ClN2O4+. The molecule has 1 aliphatic heterocycles. The SMILES string of the molecule is COc1ccc(Cl)cc1C[NH+](C)CC(=O)N[C@H](C)c1ccc2c(c1)OCO2. The van der Waals surface area contributed by atoms with Crippen molar-refractivity contribution in [2.45, 2.75) is 19.5 Å². The van der Waals surface area contributed by atoms with Crippen LogP contribution in [0.4, 0.5) is 0 Å². The van der Waals surface area contributed by atoms with Crippen molar-refractivity contribution in [3.63, 3.8) is 0 Å². The van der Waals surface area contributed by atoms with Crippen molar-refractivity contribution < 1.29 is 23.9 Å². The topological polar surface area (TPSA) is 61.2 Å². The Hall–Kier alpha value is -2.44. The Morgan fingerprint density at radius 3 is 2.81 bits per heavy atom.